The third kappa shape index (κ3) is 4.88. The number of benzene rings is 2. The summed E-state index contributed by atoms with van der Waals surface area (Å²) in [5, 5.41) is 23.5. The van der Waals surface area contributed by atoms with Crippen molar-refractivity contribution in [2.75, 3.05) is 0 Å². The van der Waals surface area contributed by atoms with Gasteiger partial charge in [-0.1, -0.05) is 12.1 Å². The summed E-state index contributed by atoms with van der Waals surface area (Å²) in [7, 11) is 0. The van der Waals surface area contributed by atoms with Crippen LogP contribution in [0.25, 0.3) is 0 Å². The van der Waals surface area contributed by atoms with E-state index in [1.165, 1.54) is 12.1 Å². The smallest absolute Gasteiger partial charge is 0.280 e. The van der Waals surface area contributed by atoms with Gasteiger partial charge < -0.3 is 4.74 Å². The van der Waals surface area contributed by atoms with Crippen LogP contribution in [-0.4, -0.2) is 22.6 Å². The summed E-state index contributed by atoms with van der Waals surface area (Å²) >= 11 is 0. The van der Waals surface area contributed by atoms with Gasteiger partial charge in [0.05, 0.1) is 22.3 Å². The maximum atomic E-state index is 12.1. The lowest BCUT2D eigenvalue weighted by atomic mass is 10.1. The Bertz CT molecular complexity index is 885. The minimum atomic E-state index is -0.815. The molecule has 8 nitrogen and oxygen atoms in total. The number of amides is 1. The highest BCUT2D eigenvalue weighted by molar-refractivity contribution is 5.99. The SMILES string of the molecule is C/C(=N\NC(=O)C(C)Oc1ccc(C#N)cc1)c1cccc([N+](=O)[O-])c1. The number of nitrogens with one attached hydrogen (secondary N) is 1. The van der Waals surface area contributed by atoms with Crippen molar-refractivity contribution >= 4 is 17.3 Å². The minimum Gasteiger partial charge on any atom is -0.481 e. The standard InChI is InChI=1S/C18H16N4O4/c1-12(15-4-3-5-16(10-15)22(24)25)20-21-18(23)13(2)26-17-8-6-14(11-19)7-9-17/h3-10,13H,1-2H3,(H,21,23)/b20-12+. The molecule has 2 aromatic carbocycles. The van der Waals surface area contributed by atoms with E-state index >= 15 is 0 Å². The van der Waals surface area contributed by atoms with E-state index in [2.05, 4.69) is 10.5 Å². The lowest BCUT2D eigenvalue weighted by Crippen LogP contribution is -2.33. The Hall–Kier alpha value is -3.73. The first-order chi connectivity index (χ1) is 12.4. The summed E-state index contributed by atoms with van der Waals surface area (Å²) in [5.74, 6) is -0.0230. The van der Waals surface area contributed by atoms with Gasteiger partial charge in [0, 0.05) is 17.7 Å². The lowest BCUT2D eigenvalue weighted by Gasteiger charge is -2.13. The van der Waals surface area contributed by atoms with Gasteiger partial charge in [-0.25, -0.2) is 5.43 Å². The molecule has 0 bridgehead atoms. The van der Waals surface area contributed by atoms with E-state index in [-0.39, 0.29) is 5.69 Å². The van der Waals surface area contributed by atoms with Gasteiger partial charge in [-0.05, 0) is 38.1 Å². The second kappa shape index (κ2) is 8.39. The molecule has 0 aliphatic heterocycles. The molecule has 1 unspecified atom stereocenters. The monoisotopic (exact) mass is 352 g/mol. The number of nitro benzene ring substituents is 1. The molecule has 8 heteroatoms. The third-order valence-electron chi connectivity index (χ3n) is 3.47. The zero-order valence-electron chi connectivity index (χ0n) is 14.2. The van der Waals surface area contributed by atoms with Crippen LogP contribution in [0, 0.1) is 21.4 Å². The number of nitro groups is 1. The molecular weight excluding hydrogens is 336 g/mol. The average molecular weight is 352 g/mol. The number of ether oxygens (including phenoxy) is 1. The van der Waals surface area contributed by atoms with Gasteiger partial charge in [-0.15, -0.1) is 0 Å². The van der Waals surface area contributed by atoms with Crippen LogP contribution in [0.5, 0.6) is 5.75 Å². The molecule has 1 N–H and O–H groups in total. The first-order valence-corrected chi connectivity index (χ1v) is 7.66. The molecule has 26 heavy (non-hydrogen) atoms. The van der Waals surface area contributed by atoms with Crippen LogP contribution < -0.4 is 10.2 Å². The molecule has 0 saturated carbocycles. The summed E-state index contributed by atoms with van der Waals surface area (Å²) in [6.45, 7) is 3.19. The predicted molar refractivity (Wildman–Crippen MR) is 94.7 cm³/mol. The summed E-state index contributed by atoms with van der Waals surface area (Å²) in [4.78, 5) is 22.4. The third-order valence-corrected chi connectivity index (χ3v) is 3.47. The molecule has 132 valence electrons. The summed E-state index contributed by atoms with van der Waals surface area (Å²) < 4.78 is 5.48. The van der Waals surface area contributed by atoms with Gasteiger partial charge in [0.2, 0.25) is 0 Å². The minimum absolute atomic E-state index is 0.0547. The van der Waals surface area contributed by atoms with Crippen molar-refractivity contribution in [2.24, 2.45) is 5.10 Å². The fourth-order valence-electron chi connectivity index (χ4n) is 2.00. The lowest BCUT2D eigenvalue weighted by molar-refractivity contribution is -0.384. The van der Waals surface area contributed by atoms with Crippen molar-refractivity contribution in [2.45, 2.75) is 20.0 Å². The number of non-ortho nitro benzene ring substituents is 1. The highest BCUT2D eigenvalue weighted by Crippen LogP contribution is 2.14. The van der Waals surface area contributed by atoms with E-state index in [9.17, 15) is 14.9 Å². The van der Waals surface area contributed by atoms with Crippen LogP contribution in [0.15, 0.2) is 53.6 Å². The molecule has 0 heterocycles. The van der Waals surface area contributed by atoms with Crippen molar-refractivity contribution in [1.29, 1.82) is 5.26 Å². The number of nitrogens with zero attached hydrogens (tertiary/aromatic N) is 3. The fraction of sp³-hybridized carbons (Fsp3) is 0.167. The molecule has 2 rings (SSSR count). The highest BCUT2D eigenvalue weighted by atomic mass is 16.6. The number of rotatable bonds is 6. The van der Waals surface area contributed by atoms with E-state index in [0.29, 0.717) is 22.6 Å². The van der Waals surface area contributed by atoms with Crippen LogP contribution in [-0.2, 0) is 4.79 Å². The normalized spacial score (nSPS) is 12.0. The quantitative estimate of drug-likeness (QED) is 0.487. The molecule has 0 saturated heterocycles. The average Bonchev–Trinajstić information content (AvgIpc) is 2.66. The Labute approximate surface area is 149 Å². The van der Waals surface area contributed by atoms with Gasteiger partial charge in [0.1, 0.15) is 5.75 Å². The summed E-state index contributed by atoms with van der Waals surface area (Å²) in [6.07, 6.45) is -0.815. The van der Waals surface area contributed by atoms with Gasteiger partial charge in [-0.3, -0.25) is 14.9 Å². The number of hydrogen-bond acceptors (Lipinski definition) is 6. The largest absolute Gasteiger partial charge is 0.481 e. The van der Waals surface area contributed by atoms with Crippen molar-refractivity contribution in [3.05, 3.63) is 69.8 Å². The molecule has 0 aliphatic carbocycles. The first kappa shape index (κ1) is 18.6. The van der Waals surface area contributed by atoms with Crippen molar-refractivity contribution in [3.8, 4) is 11.8 Å². The van der Waals surface area contributed by atoms with Crippen molar-refractivity contribution in [3.63, 3.8) is 0 Å². The molecular formula is C18H16N4O4. The van der Waals surface area contributed by atoms with Crippen molar-refractivity contribution < 1.29 is 14.5 Å². The molecule has 0 aliphatic rings. The number of hydrogen-bond donors (Lipinski definition) is 1. The van der Waals surface area contributed by atoms with E-state index in [0.717, 1.165) is 0 Å². The van der Waals surface area contributed by atoms with Gasteiger partial charge in [-0.2, -0.15) is 10.4 Å². The Morgan fingerprint density at radius 3 is 2.62 bits per heavy atom. The summed E-state index contributed by atoms with van der Waals surface area (Å²) in [5.41, 5.74) is 3.76. The van der Waals surface area contributed by atoms with Crippen LogP contribution in [0.3, 0.4) is 0 Å². The van der Waals surface area contributed by atoms with Crippen LogP contribution in [0.4, 0.5) is 5.69 Å². The highest BCUT2D eigenvalue weighted by Gasteiger charge is 2.14. The molecule has 0 aromatic heterocycles. The van der Waals surface area contributed by atoms with Crippen LogP contribution >= 0.6 is 0 Å². The van der Waals surface area contributed by atoms with Crippen molar-refractivity contribution in [1.82, 2.24) is 5.43 Å². The Balaban J connectivity index is 1.99. The molecule has 1 atom stereocenters. The topological polar surface area (TPSA) is 118 Å². The summed E-state index contributed by atoms with van der Waals surface area (Å²) in [6, 6.07) is 14.3. The molecule has 0 radical (unpaired) electrons. The van der Waals surface area contributed by atoms with Gasteiger partial charge in [0.15, 0.2) is 6.10 Å². The van der Waals surface area contributed by atoms with Gasteiger partial charge >= 0.3 is 0 Å². The Kier molecular flexibility index (Phi) is 6.01. The van der Waals surface area contributed by atoms with Crippen LogP contribution in [0.1, 0.15) is 25.0 Å². The Morgan fingerprint density at radius 2 is 2.00 bits per heavy atom. The fourth-order valence-corrected chi connectivity index (χ4v) is 2.00. The zero-order valence-corrected chi connectivity index (χ0v) is 14.2. The predicted octanol–water partition coefficient (Wildman–Crippen LogP) is 2.77. The zero-order chi connectivity index (χ0) is 19.1. The number of carbonyl (C=O) groups is 1. The molecule has 0 fully saturated rings. The second-order valence-electron chi connectivity index (χ2n) is 5.38. The van der Waals surface area contributed by atoms with Gasteiger partial charge in [0.25, 0.3) is 11.6 Å². The Morgan fingerprint density at radius 1 is 1.31 bits per heavy atom. The maximum absolute atomic E-state index is 12.1. The van der Waals surface area contributed by atoms with E-state index < -0.39 is 16.9 Å². The van der Waals surface area contributed by atoms with E-state index in [1.807, 2.05) is 6.07 Å². The van der Waals surface area contributed by atoms with E-state index in [1.54, 1.807) is 50.2 Å². The molecule has 0 spiro atoms. The van der Waals surface area contributed by atoms with E-state index in [4.69, 9.17) is 10.00 Å². The number of nitriles is 1. The van der Waals surface area contributed by atoms with Crippen LogP contribution in [0.2, 0.25) is 0 Å². The first-order valence-electron chi connectivity index (χ1n) is 7.66. The molecule has 1 amide bonds. The second-order valence-corrected chi connectivity index (χ2v) is 5.38. The number of hydrazone groups is 1. The maximum Gasteiger partial charge on any atom is 0.280 e. The molecule has 2 aromatic rings. The number of carbonyl (C=O) groups excluding carboxylic acids is 1.